The van der Waals surface area contributed by atoms with Crippen LogP contribution in [0.25, 0.3) is 6.08 Å². The molecule has 0 saturated heterocycles. The minimum Gasteiger partial charge on any atom is -0.493 e. The van der Waals surface area contributed by atoms with Crippen LogP contribution in [0, 0.1) is 0 Å². The second-order valence-corrected chi connectivity index (χ2v) is 4.46. The molecule has 96 valence electrons. The first-order valence-corrected chi connectivity index (χ1v) is 6.14. The van der Waals surface area contributed by atoms with Crippen LogP contribution in [0.1, 0.15) is 5.56 Å². The third-order valence-corrected chi connectivity index (χ3v) is 3.33. The molecule has 0 saturated carbocycles. The topological polar surface area (TPSA) is 39.7 Å². The number of halogens is 1. The Kier molecular flexibility index (Phi) is 3.81. The first-order chi connectivity index (χ1) is 8.71. The molecule has 5 heteroatoms. The van der Waals surface area contributed by atoms with Gasteiger partial charge in [-0.3, -0.25) is 0 Å². The van der Waals surface area contributed by atoms with Crippen LogP contribution in [0.2, 0.25) is 0 Å². The fourth-order valence-electron chi connectivity index (χ4n) is 1.77. The molecule has 2 rings (SSSR count). The van der Waals surface area contributed by atoms with Gasteiger partial charge in [0, 0.05) is 15.7 Å². The molecular formula is C13H14BrNO3. The Bertz CT molecular complexity index is 523. The summed E-state index contributed by atoms with van der Waals surface area (Å²) in [6.07, 6.45) is 1.90. The normalized spacial score (nSPS) is 14.1. The third kappa shape index (κ3) is 2.18. The molecule has 18 heavy (non-hydrogen) atoms. The number of anilines is 1. The molecule has 0 amide bonds. The lowest BCUT2D eigenvalue weighted by Crippen LogP contribution is -2.08. The maximum atomic E-state index is 5.36. The number of hydrogen-bond donors (Lipinski definition) is 1. The number of fused-ring (bicyclic) bond motifs is 1. The zero-order valence-electron chi connectivity index (χ0n) is 10.4. The van der Waals surface area contributed by atoms with Crippen LogP contribution in [0.5, 0.6) is 0 Å². The molecule has 1 aliphatic rings. The zero-order chi connectivity index (χ0) is 13.1. The van der Waals surface area contributed by atoms with Gasteiger partial charge < -0.3 is 19.5 Å². The van der Waals surface area contributed by atoms with E-state index in [0.29, 0.717) is 17.4 Å². The van der Waals surface area contributed by atoms with Crippen molar-refractivity contribution in [3.8, 4) is 0 Å². The highest BCUT2D eigenvalue weighted by molar-refractivity contribution is 9.10. The van der Waals surface area contributed by atoms with E-state index < -0.39 is 0 Å². The molecule has 1 aromatic carbocycles. The largest absolute Gasteiger partial charge is 0.493 e. The van der Waals surface area contributed by atoms with E-state index in [1.807, 2.05) is 24.3 Å². The van der Waals surface area contributed by atoms with E-state index in [4.69, 9.17) is 14.2 Å². The molecule has 1 heterocycles. The molecule has 0 aliphatic carbocycles. The molecule has 0 fully saturated rings. The van der Waals surface area contributed by atoms with E-state index in [-0.39, 0.29) is 0 Å². The summed E-state index contributed by atoms with van der Waals surface area (Å²) in [5.74, 6) is 1.65. The number of nitrogens with one attached hydrogen (secondary N) is 1. The lowest BCUT2D eigenvalue weighted by molar-refractivity contribution is 0.190. The maximum Gasteiger partial charge on any atom is 0.238 e. The van der Waals surface area contributed by atoms with Gasteiger partial charge in [-0.1, -0.05) is 22.0 Å². The van der Waals surface area contributed by atoms with Crippen LogP contribution in [-0.4, -0.2) is 21.3 Å². The second kappa shape index (κ2) is 5.35. The van der Waals surface area contributed by atoms with Crippen LogP contribution in [0.3, 0.4) is 0 Å². The smallest absolute Gasteiger partial charge is 0.238 e. The summed E-state index contributed by atoms with van der Waals surface area (Å²) in [7, 11) is 4.76. The lowest BCUT2D eigenvalue weighted by Gasteiger charge is -2.13. The van der Waals surface area contributed by atoms with Gasteiger partial charge in [0.05, 0.1) is 21.3 Å². The number of ether oxygens (including phenoxy) is 3. The van der Waals surface area contributed by atoms with Crippen molar-refractivity contribution in [3.63, 3.8) is 0 Å². The van der Waals surface area contributed by atoms with Crippen molar-refractivity contribution >= 4 is 27.7 Å². The SMILES string of the molecule is COC1=Cc2c(Br)cccc2NC(OC)=C1OC. The summed E-state index contributed by atoms with van der Waals surface area (Å²) in [5, 5.41) is 3.19. The number of benzene rings is 1. The Balaban J connectivity index is 2.63. The number of methoxy groups -OCH3 is 3. The summed E-state index contributed by atoms with van der Waals surface area (Å²) < 4.78 is 17.0. The van der Waals surface area contributed by atoms with Crippen molar-refractivity contribution in [1.82, 2.24) is 0 Å². The Morgan fingerprint density at radius 1 is 1.06 bits per heavy atom. The average molecular weight is 312 g/mol. The molecule has 1 aliphatic heterocycles. The summed E-state index contributed by atoms with van der Waals surface area (Å²) in [4.78, 5) is 0. The molecule has 0 atom stereocenters. The maximum absolute atomic E-state index is 5.36. The molecule has 0 bridgehead atoms. The van der Waals surface area contributed by atoms with Gasteiger partial charge in [-0.15, -0.1) is 0 Å². The fraction of sp³-hybridized carbons (Fsp3) is 0.231. The minimum atomic E-state index is 0.516. The highest BCUT2D eigenvalue weighted by atomic mass is 79.9. The molecule has 1 aromatic rings. The summed E-state index contributed by atoms with van der Waals surface area (Å²) in [6, 6.07) is 5.87. The molecule has 0 aromatic heterocycles. The predicted octanol–water partition coefficient (Wildman–Crippen LogP) is 3.32. The van der Waals surface area contributed by atoms with E-state index in [1.165, 1.54) is 0 Å². The lowest BCUT2D eigenvalue weighted by atomic mass is 10.1. The molecule has 1 N–H and O–H groups in total. The highest BCUT2D eigenvalue weighted by Gasteiger charge is 2.21. The van der Waals surface area contributed by atoms with Gasteiger partial charge in [0.25, 0.3) is 0 Å². The van der Waals surface area contributed by atoms with Crippen LogP contribution in [0.15, 0.2) is 40.1 Å². The van der Waals surface area contributed by atoms with Crippen molar-refractivity contribution in [2.45, 2.75) is 0 Å². The van der Waals surface area contributed by atoms with Gasteiger partial charge in [-0.2, -0.15) is 0 Å². The van der Waals surface area contributed by atoms with Gasteiger partial charge in [0.15, 0.2) is 5.76 Å². The first-order valence-electron chi connectivity index (χ1n) is 5.35. The average Bonchev–Trinajstić information content (AvgIpc) is 2.55. The highest BCUT2D eigenvalue weighted by Crippen LogP contribution is 2.33. The van der Waals surface area contributed by atoms with E-state index in [1.54, 1.807) is 21.3 Å². The van der Waals surface area contributed by atoms with Gasteiger partial charge in [-0.25, -0.2) is 0 Å². The fourth-order valence-corrected chi connectivity index (χ4v) is 2.25. The Morgan fingerprint density at radius 2 is 1.83 bits per heavy atom. The van der Waals surface area contributed by atoms with Crippen molar-refractivity contribution in [1.29, 1.82) is 0 Å². The van der Waals surface area contributed by atoms with Crippen LogP contribution in [0.4, 0.5) is 5.69 Å². The molecule has 0 radical (unpaired) electrons. The summed E-state index contributed by atoms with van der Waals surface area (Å²) >= 11 is 3.52. The van der Waals surface area contributed by atoms with Crippen molar-refractivity contribution < 1.29 is 14.2 Å². The van der Waals surface area contributed by atoms with Crippen LogP contribution >= 0.6 is 15.9 Å². The Labute approximate surface area is 114 Å². The second-order valence-electron chi connectivity index (χ2n) is 3.61. The van der Waals surface area contributed by atoms with E-state index in [0.717, 1.165) is 15.7 Å². The molecular weight excluding hydrogens is 298 g/mol. The van der Waals surface area contributed by atoms with Gasteiger partial charge >= 0.3 is 0 Å². The van der Waals surface area contributed by atoms with Gasteiger partial charge in [0.2, 0.25) is 11.6 Å². The van der Waals surface area contributed by atoms with Crippen LogP contribution < -0.4 is 5.32 Å². The van der Waals surface area contributed by atoms with Crippen molar-refractivity contribution in [3.05, 3.63) is 45.6 Å². The Hall–Kier alpha value is -1.62. The van der Waals surface area contributed by atoms with Gasteiger partial charge in [0.1, 0.15) is 0 Å². The molecule has 4 nitrogen and oxygen atoms in total. The summed E-state index contributed by atoms with van der Waals surface area (Å²) in [5.41, 5.74) is 1.90. The van der Waals surface area contributed by atoms with Crippen molar-refractivity contribution in [2.75, 3.05) is 26.6 Å². The predicted molar refractivity (Wildman–Crippen MR) is 73.8 cm³/mol. The summed E-state index contributed by atoms with van der Waals surface area (Å²) in [6.45, 7) is 0. The zero-order valence-corrected chi connectivity index (χ0v) is 12.0. The van der Waals surface area contributed by atoms with Crippen LogP contribution in [-0.2, 0) is 14.2 Å². The van der Waals surface area contributed by atoms with E-state index in [9.17, 15) is 0 Å². The third-order valence-electron chi connectivity index (χ3n) is 2.63. The Morgan fingerprint density at radius 3 is 2.44 bits per heavy atom. The van der Waals surface area contributed by atoms with Gasteiger partial charge in [-0.05, 0) is 18.2 Å². The monoisotopic (exact) mass is 311 g/mol. The van der Waals surface area contributed by atoms with E-state index in [2.05, 4.69) is 21.2 Å². The molecule has 0 spiro atoms. The standard InChI is InChI=1S/C13H14BrNO3/c1-16-11-7-8-9(14)5-4-6-10(8)15-13(18-3)12(11)17-2/h4-7,15H,1-3H3. The quantitative estimate of drug-likeness (QED) is 0.929. The number of hydrogen-bond acceptors (Lipinski definition) is 4. The van der Waals surface area contributed by atoms with Crippen molar-refractivity contribution in [2.24, 2.45) is 0 Å². The number of rotatable bonds is 3. The van der Waals surface area contributed by atoms with E-state index >= 15 is 0 Å². The molecule has 0 unspecified atom stereocenters. The minimum absolute atomic E-state index is 0.516. The first kappa shape index (κ1) is 12.8.